The smallest absolute Gasteiger partial charge is 0.269 e. The molecule has 0 radical (unpaired) electrons. The van der Waals surface area contributed by atoms with Crippen LogP contribution in [-0.4, -0.2) is 15.9 Å². The maximum Gasteiger partial charge on any atom is 0.269 e. The van der Waals surface area contributed by atoms with Crippen molar-refractivity contribution in [1.29, 1.82) is 0 Å². The molecule has 0 saturated heterocycles. The third-order valence-electron chi connectivity index (χ3n) is 2.99. The van der Waals surface area contributed by atoms with Crippen molar-refractivity contribution in [2.75, 3.05) is 5.32 Å². The second kappa shape index (κ2) is 6.15. The SMILES string of the molecule is CC(O)c1ccc(NC(=O)c2ccc([N+](=O)[O-])cc2)cc1. The van der Waals surface area contributed by atoms with E-state index in [0.717, 1.165) is 5.56 Å². The van der Waals surface area contributed by atoms with Gasteiger partial charge < -0.3 is 10.4 Å². The number of anilines is 1. The summed E-state index contributed by atoms with van der Waals surface area (Å²) in [7, 11) is 0. The molecular formula is C15H14N2O4. The number of hydrogen-bond donors (Lipinski definition) is 2. The molecule has 21 heavy (non-hydrogen) atoms. The second-order valence-electron chi connectivity index (χ2n) is 4.56. The molecule has 2 aromatic carbocycles. The van der Waals surface area contributed by atoms with Crippen LogP contribution in [0.25, 0.3) is 0 Å². The van der Waals surface area contributed by atoms with Crippen molar-refractivity contribution in [3.63, 3.8) is 0 Å². The number of aliphatic hydroxyl groups is 1. The van der Waals surface area contributed by atoms with E-state index in [2.05, 4.69) is 5.32 Å². The lowest BCUT2D eigenvalue weighted by atomic mass is 10.1. The normalized spacial score (nSPS) is 11.7. The Morgan fingerprint density at radius 2 is 1.71 bits per heavy atom. The van der Waals surface area contributed by atoms with Gasteiger partial charge in [-0.25, -0.2) is 0 Å². The topological polar surface area (TPSA) is 92.5 Å². The Labute approximate surface area is 121 Å². The van der Waals surface area contributed by atoms with Gasteiger partial charge >= 0.3 is 0 Å². The van der Waals surface area contributed by atoms with Crippen LogP contribution in [0.3, 0.4) is 0 Å². The van der Waals surface area contributed by atoms with E-state index in [1.807, 2.05) is 0 Å². The number of rotatable bonds is 4. The molecule has 0 aliphatic carbocycles. The molecule has 2 aromatic rings. The first kappa shape index (κ1) is 14.7. The van der Waals surface area contributed by atoms with Crippen molar-refractivity contribution in [2.24, 2.45) is 0 Å². The molecule has 1 amide bonds. The van der Waals surface area contributed by atoms with Gasteiger partial charge in [-0.2, -0.15) is 0 Å². The zero-order valence-corrected chi connectivity index (χ0v) is 11.3. The van der Waals surface area contributed by atoms with Crippen LogP contribution in [0.4, 0.5) is 11.4 Å². The van der Waals surface area contributed by atoms with E-state index in [1.165, 1.54) is 24.3 Å². The van der Waals surface area contributed by atoms with Gasteiger partial charge in [0.05, 0.1) is 11.0 Å². The molecule has 0 spiro atoms. The summed E-state index contributed by atoms with van der Waals surface area (Å²) in [6, 6.07) is 12.2. The lowest BCUT2D eigenvalue weighted by molar-refractivity contribution is -0.384. The maximum atomic E-state index is 12.0. The van der Waals surface area contributed by atoms with Crippen LogP contribution in [0.15, 0.2) is 48.5 Å². The summed E-state index contributed by atoms with van der Waals surface area (Å²) in [5.74, 6) is -0.352. The van der Waals surface area contributed by atoms with E-state index in [0.29, 0.717) is 11.3 Å². The fourth-order valence-electron chi connectivity index (χ4n) is 1.78. The van der Waals surface area contributed by atoms with Crippen LogP contribution in [0.5, 0.6) is 0 Å². The standard InChI is InChI=1S/C15H14N2O4/c1-10(18)11-2-6-13(7-3-11)16-15(19)12-4-8-14(9-5-12)17(20)21/h2-10,18H,1H3,(H,16,19). The van der Waals surface area contributed by atoms with Crippen molar-refractivity contribution < 1.29 is 14.8 Å². The average Bonchev–Trinajstić information content (AvgIpc) is 2.47. The Bertz CT molecular complexity index is 648. The fraction of sp³-hybridized carbons (Fsp3) is 0.133. The Kier molecular flexibility index (Phi) is 4.30. The Morgan fingerprint density at radius 3 is 2.19 bits per heavy atom. The lowest BCUT2D eigenvalue weighted by Crippen LogP contribution is -2.11. The summed E-state index contributed by atoms with van der Waals surface area (Å²) in [5.41, 5.74) is 1.61. The molecule has 0 aliphatic heterocycles. The minimum Gasteiger partial charge on any atom is -0.389 e. The molecule has 108 valence electrons. The summed E-state index contributed by atoms with van der Waals surface area (Å²) in [6.45, 7) is 1.66. The van der Waals surface area contributed by atoms with Gasteiger partial charge in [0.1, 0.15) is 0 Å². The van der Waals surface area contributed by atoms with Crippen molar-refractivity contribution in [3.05, 3.63) is 69.8 Å². The maximum absolute atomic E-state index is 12.0. The minimum absolute atomic E-state index is 0.0622. The lowest BCUT2D eigenvalue weighted by Gasteiger charge is -2.08. The molecule has 0 aromatic heterocycles. The number of carbonyl (C=O) groups excluding carboxylic acids is 1. The summed E-state index contributed by atoms with van der Waals surface area (Å²) < 4.78 is 0. The Morgan fingerprint density at radius 1 is 1.14 bits per heavy atom. The van der Waals surface area contributed by atoms with E-state index >= 15 is 0 Å². The van der Waals surface area contributed by atoms with E-state index in [1.54, 1.807) is 31.2 Å². The van der Waals surface area contributed by atoms with Crippen LogP contribution < -0.4 is 5.32 Å². The number of nitro benzene ring substituents is 1. The second-order valence-corrected chi connectivity index (χ2v) is 4.56. The minimum atomic E-state index is -0.565. The van der Waals surface area contributed by atoms with E-state index < -0.39 is 11.0 Å². The fourth-order valence-corrected chi connectivity index (χ4v) is 1.78. The molecule has 2 N–H and O–H groups in total. The van der Waals surface area contributed by atoms with Gasteiger partial charge in [-0.3, -0.25) is 14.9 Å². The highest BCUT2D eigenvalue weighted by Gasteiger charge is 2.10. The molecule has 0 saturated carbocycles. The molecule has 0 fully saturated rings. The monoisotopic (exact) mass is 286 g/mol. The summed E-state index contributed by atoms with van der Waals surface area (Å²) in [5, 5.41) is 22.6. The van der Waals surface area contributed by atoms with Crippen LogP contribution in [0.2, 0.25) is 0 Å². The number of aliphatic hydroxyl groups excluding tert-OH is 1. The highest BCUT2D eigenvalue weighted by atomic mass is 16.6. The van der Waals surface area contributed by atoms with Crippen LogP contribution in [0, 0.1) is 10.1 Å². The highest BCUT2D eigenvalue weighted by molar-refractivity contribution is 6.04. The Hall–Kier alpha value is -2.73. The number of benzene rings is 2. The van der Waals surface area contributed by atoms with Gasteiger partial charge in [0, 0.05) is 23.4 Å². The number of nitro groups is 1. The number of carbonyl (C=O) groups is 1. The van der Waals surface area contributed by atoms with Crippen LogP contribution >= 0.6 is 0 Å². The summed E-state index contributed by atoms with van der Waals surface area (Å²) >= 11 is 0. The molecule has 0 bridgehead atoms. The first-order chi connectivity index (χ1) is 9.97. The molecule has 1 unspecified atom stereocenters. The van der Waals surface area contributed by atoms with Gasteiger partial charge in [-0.15, -0.1) is 0 Å². The molecular weight excluding hydrogens is 272 g/mol. The Balaban J connectivity index is 2.08. The number of amides is 1. The molecule has 6 heteroatoms. The summed E-state index contributed by atoms with van der Waals surface area (Å²) in [6.07, 6.45) is -0.565. The highest BCUT2D eigenvalue weighted by Crippen LogP contribution is 2.17. The van der Waals surface area contributed by atoms with Gasteiger partial charge in [-0.05, 0) is 36.8 Å². The summed E-state index contributed by atoms with van der Waals surface area (Å²) in [4.78, 5) is 22.0. The number of hydrogen-bond acceptors (Lipinski definition) is 4. The van der Waals surface area contributed by atoms with Crippen molar-refractivity contribution in [2.45, 2.75) is 13.0 Å². The third kappa shape index (κ3) is 3.64. The van der Waals surface area contributed by atoms with Crippen molar-refractivity contribution in [3.8, 4) is 0 Å². The first-order valence-electron chi connectivity index (χ1n) is 6.31. The zero-order chi connectivity index (χ0) is 15.4. The molecule has 0 heterocycles. The average molecular weight is 286 g/mol. The number of non-ortho nitro benzene ring substituents is 1. The predicted octanol–water partition coefficient (Wildman–Crippen LogP) is 2.90. The van der Waals surface area contributed by atoms with Gasteiger partial charge in [0.25, 0.3) is 11.6 Å². The van der Waals surface area contributed by atoms with Crippen molar-refractivity contribution >= 4 is 17.3 Å². The van der Waals surface area contributed by atoms with Gasteiger partial charge in [-0.1, -0.05) is 12.1 Å². The molecule has 2 rings (SSSR count). The van der Waals surface area contributed by atoms with Crippen LogP contribution in [0.1, 0.15) is 28.9 Å². The number of nitrogens with zero attached hydrogens (tertiary/aromatic N) is 1. The predicted molar refractivity (Wildman–Crippen MR) is 78.1 cm³/mol. The zero-order valence-electron chi connectivity index (χ0n) is 11.3. The third-order valence-corrected chi connectivity index (χ3v) is 2.99. The number of nitrogens with one attached hydrogen (secondary N) is 1. The largest absolute Gasteiger partial charge is 0.389 e. The van der Waals surface area contributed by atoms with Gasteiger partial charge in [0.2, 0.25) is 0 Å². The van der Waals surface area contributed by atoms with Gasteiger partial charge in [0.15, 0.2) is 0 Å². The van der Waals surface area contributed by atoms with E-state index in [4.69, 9.17) is 0 Å². The quantitative estimate of drug-likeness (QED) is 0.667. The molecule has 1 atom stereocenters. The van der Waals surface area contributed by atoms with E-state index in [9.17, 15) is 20.0 Å². The van der Waals surface area contributed by atoms with E-state index in [-0.39, 0.29) is 11.6 Å². The molecule has 6 nitrogen and oxygen atoms in total. The van der Waals surface area contributed by atoms with Crippen molar-refractivity contribution in [1.82, 2.24) is 0 Å². The molecule has 0 aliphatic rings. The first-order valence-corrected chi connectivity index (χ1v) is 6.31. The van der Waals surface area contributed by atoms with Crippen LogP contribution in [-0.2, 0) is 0 Å².